The van der Waals surface area contributed by atoms with Gasteiger partial charge in [0.2, 0.25) is 0 Å². The van der Waals surface area contributed by atoms with Crippen LogP contribution >= 0.6 is 0 Å². The van der Waals surface area contributed by atoms with E-state index < -0.39 is 29.8 Å². The molecule has 0 heterocycles. The first kappa shape index (κ1) is 15.4. The quantitative estimate of drug-likeness (QED) is 0.783. The standard InChI is InChI=1S/C13H14FN3O3/c1-7(12(18)19)8(2)16-13(20)17-10-3-4-11(14)9(5-10)6-15/h3-5,7-8H,1-2H3,(H,18,19)(H2,16,17,20). The fourth-order valence-electron chi connectivity index (χ4n) is 1.40. The number of anilines is 1. The van der Waals surface area contributed by atoms with Crippen LogP contribution in [0.4, 0.5) is 14.9 Å². The highest BCUT2D eigenvalue weighted by molar-refractivity contribution is 5.90. The fraction of sp³-hybridized carbons (Fsp3) is 0.308. The maximum absolute atomic E-state index is 13.1. The maximum Gasteiger partial charge on any atom is 0.319 e. The van der Waals surface area contributed by atoms with Crippen molar-refractivity contribution in [1.29, 1.82) is 5.26 Å². The second kappa shape index (κ2) is 6.52. The van der Waals surface area contributed by atoms with Crippen LogP contribution in [0.2, 0.25) is 0 Å². The average molecular weight is 279 g/mol. The second-order valence-corrected chi connectivity index (χ2v) is 4.32. The summed E-state index contributed by atoms with van der Waals surface area (Å²) in [6.45, 7) is 3.03. The van der Waals surface area contributed by atoms with Crippen molar-refractivity contribution in [3.8, 4) is 6.07 Å². The van der Waals surface area contributed by atoms with Gasteiger partial charge >= 0.3 is 12.0 Å². The third-order valence-electron chi connectivity index (χ3n) is 2.84. The van der Waals surface area contributed by atoms with Gasteiger partial charge in [0.25, 0.3) is 0 Å². The Hall–Kier alpha value is -2.62. The first-order chi connectivity index (χ1) is 9.35. The van der Waals surface area contributed by atoms with Crippen LogP contribution in [0.25, 0.3) is 0 Å². The molecule has 2 unspecified atom stereocenters. The van der Waals surface area contributed by atoms with E-state index in [-0.39, 0.29) is 11.3 Å². The predicted molar refractivity (Wildman–Crippen MR) is 69.5 cm³/mol. The molecular weight excluding hydrogens is 265 g/mol. The number of amides is 2. The van der Waals surface area contributed by atoms with Gasteiger partial charge in [0, 0.05) is 11.7 Å². The van der Waals surface area contributed by atoms with Crippen molar-refractivity contribution in [2.45, 2.75) is 19.9 Å². The summed E-state index contributed by atoms with van der Waals surface area (Å²) in [5.41, 5.74) is 0.0605. The molecule has 6 nitrogen and oxygen atoms in total. The second-order valence-electron chi connectivity index (χ2n) is 4.32. The van der Waals surface area contributed by atoms with Crippen molar-refractivity contribution >= 4 is 17.7 Å². The van der Waals surface area contributed by atoms with Gasteiger partial charge in [-0.15, -0.1) is 0 Å². The van der Waals surface area contributed by atoms with E-state index in [9.17, 15) is 14.0 Å². The van der Waals surface area contributed by atoms with E-state index in [1.165, 1.54) is 19.1 Å². The molecular formula is C13H14FN3O3. The summed E-state index contributed by atoms with van der Waals surface area (Å²) < 4.78 is 13.1. The molecule has 1 aromatic rings. The number of carboxylic acids is 1. The normalized spacial score (nSPS) is 12.9. The molecule has 0 bridgehead atoms. The van der Waals surface area contributed by atoms with Crippen molar-refractivity contribution < 1.29 is 19.1 Å². The lowest BCUT2D eigenvalue weighted by Gasteiger charge is -2.18. The van der Waals surface area contributed by atoms with Gasteiger partial charge in [-0.3, -0.25) is 4.79 Å². The summed E-state index contributed by atoms with van der Waals surface area (Å²) >= 11 is 0. The molecule has 2 amide bonds. The Kier molecular flexibility index (Phi) is 5.03. The molecule has 1 rings (SSSR count). The van der Waals surface area contributed by atoms with Crippen molar-refractivity contribution in [3.05, 3.63) is 29.6 Å². The van der Waals surface area contributed by atoms with Gasteiger partial charge in [-0.25, -0.2) is 9.18 Å². The summed E-state index contributed by atoms with van der Waals surface area (Å²) in [6.07, 6.45) is 0. The molecule has 0 fully saturated rings. The highest BCUT2D eigenvalue weighted by Gasteiger charge is 2.20. The molecule has 0 aliphatic rings. The summed E-state index contributed by atoms with van der Waals surface area (Å²) in [6, 6.07) is 4.02. The van der Waals surface area contributed by atoms with Crippen LogP contribution < -0.4 is 10.6 Å². The van der Waals surface area contributed by atoms with E-state index in [0.29, 0.717) is 0 Å². The summed E-state index contributed by atoms with van der Waals surface area (Å²) in [5.74, 6) is -2.44. The van der Waals surface area contributed by atoms with Gasteiger partial charge in [-0.2, -0.15) is 5.26 Å². The largest absolute Gasteiger partial charge is 0.481 e. The number of rotatable bonds is 4. The van der Waals surface area contributed by atoms with Crippen LogP contribution in [-0.2, 0) is 4.79 Å². The first-order valence-corrected chi connectivity index (χ1v) is 5.85. The Morgan fingerprint density at radius 3 is 2.60 bits per heavy atom. The molecule has 0 aromatic heterocycles. The molecule has 20 heavy (non-hydrogen) atoms. The zero-order valence-corrected chi connectivity index (χ0v) is 11.0. The molecule has 3 N–H and O–H groups in total. The highest BCUT2D eigenvalue weighted by Crippen LogP contribution is 2.14. The van der Waals surface area contributed by atoms with E-state index >= 15 is 0 Å². The minimum absolute atomic E-state index is 0.185. The number of nitrogens with one attached hydrogen (secondary N) is 2. The number of nitriles is 1. The summed E-state index contributed by atoms with van der Waals surface area (Å²) in [7, 11) is 0. The number of aliphatic carboxylic acids is 1. The molecule has 1 aromatic carbocycles. The number of benzene rings is 1. The molecule has 0 saturated carbocycles. The smallest absolute Gasteiger partial charge is 0.319 e. The number of carboxylic acid groups (broad SMARTS) is 1. The molecule has 0 aliphatic heterocycles. The molecule has 2 atom stereocenters. The number of hydrogen-bond donors (Lipinski definition) is 3. The zero-order valence-electron chi connectivity index (χ0n) is 11.0. The van der Waals surface area contributed by atoms with E-state index in [0.717, 1.165) is 6.07 Å². The first-order valence-electron chi connectivity index (χ1n) is 5.85. The monoisotopic (exact) mass is 279 g/mol. The lowest BCUT2D eigenvalue weighted by Crippen LogP contribution is -2.42. The van der Waals surface area contributed by atoms with Crippen molar-refractivity contribution in [1.82, 2.24) is 5.32 Å². The van der Waals surface area contributed by atoms with Gasteiger partial charge in [0.15, 0.2) is 0 Å². The number of halogens is 1. The van der Waals surface area contributed by atoms with Crippen LogP contribution in [0.1, 0.15) is 19.4 Å². The molecule has 106 valence electrons. The maximum atomic E-state index is 13.1. The summed E-state index contributed by atoms with van der Waals surface area (Å²) in [4.78, 5) is 22.4. The Balaban J connectivity index is 2.68. The SMILES string of the molecule is CC(NC(=O)Nc1ccc(F)c(C#N)c1)C(C)C(=O)O. The van der Waals surface area contributed by atoms with Gasteiger partial charge in [0.05, 0.1) is 11.5 Å². The lowest BCUT2D eigenvalue weighted by atomic mass is 10.0. The minimum atomic E-state index is -1.02. The number of nitrogens with zero attached hydrogens (tertiary/aromatic N) is 1. The molecule has 0 saturated heterocycles. The highest BCUT2D eigenvalue weighted by atomic mass is 19.1. The van der Waals surface area contributed by atoms with Gasteiger partial charge in [0.1, 0.15) is 11.9 Å². The van der Waals surface area contributed by atoms with Crippen LogP contribution in [0.3, 0.4) is 0 Å². The van der Waals surface area contributed by atoms with E-state index in [1.54, 1.807) is 13.0 Å². The van der Waals surface area contributed by atoms with E-state index in [2.05, 4.69) is 10.6 Å². The van der Waals surface area contributed by atoms with Crippen molar-refractivity contribution in [2.75, 3.05) is 5.32 Å². The molecule has 7 heteroatoms. The summed E-state index contributed by atoms with van der Waals surface area (Å²) in [5, 5.41) is 22.3. The van der Waals surface area contributed by atoms with E-state index in [4.69, 9.17) is 10.4 Å². The Bertz CT molecular complexity index is 568. The number of urea groups is 1. The van der Waals surface area contributed by atoms with Crippen LogP contribution in [0.15, 0.2) is 18.2 Å². The minimum Gasteiger partial charge on any atom is -0.481 e. The molecule has 0 radical (unpaired) electrons. The predicted octanol–water partition coefficient (Wildman–Crippen LogP) is 1.93. The number of hydrogen-bond acceptors (Lipinski definition) is 3. The van der Waals surface area contributed by atoms with Crippen molar-refractivity contribution in [2.24, 2.45) is 5.92 Å². The Morgan fingerprint density at radius 1 is 1.40 bits per heavy atom. The average Bonchev–Trinajstić information content (AvgIpc) is 2.39. The zero-order chi connectivity index (χ0) is 15.3. The Morgan fingerprint density at radius 2 is 2.05 bits per heavy atom. The molecule has 0 spiro atoms. The molecule has 0 aliphatic carbocycles. The number of carbonyl (C=O) groups excluding carboxylic acids is 1. The third kappa shape index (κ3) is 3.95. The third-order valence-corrected chi connectivity index (χ3v) is 2.84. The van der Waals surface area contributed by atoms with E-state index in [1.807, 2.05) is 0 Å². The van der Waals surface area contributed by atoms with Gasteiger partial charge in [-0.1, -0.05) is 0 Å². The number of carbonyl (C=O) groups is 2. The van der Waals surface area contributed by atoms with Crippen molar-refractivity contribution in [3.63, 3.8) is 0 Å². The lowest BCUT2D eigenvalue weighted by molar-refractivity contribution is -0.141. The van der Waals surface area contributed by atoms with Crippen LogP contribution in [-0.4, -0.2) is 23.1 Å². The van der Waals surface area contributed by atoms with Gasteiger partial charge in [-0.05, 0) is 32.0 Å². The topological polar surface area (TPSA) is 102 Å². The van der Waals surface area contributed by atoms with Gasteiger partial charge < -0.3 is 15.7 Å². The van der Waals surface area contributed by atoms with Crippen LogP contribution in [0, 0.1) is 23.1 Å². The van der Waals surface area contributed by atoms with Crippen LogP contribution in [0.5, 0.6) is 0 Å². The Labute approximate surface area is 115 Å². The fourth-order valence-corrected chi connectivity index (χ4v) is 1.40.